The Morgan fingerprint density at radius 3 is 2.40 bits per heavy atom. The highest BCUT2D eigenvalue weighted by Gasteiger charge is 2.20. The zero-order valence-electron chi connectivity index (χ0n) is 19.2. The van der Waals surface area contributed by atoms with Crippen LogP contribution in [0.2, 0.25) is 0 Å². The summed E-state index contributed by atoms with van der Waals surface area (Å²) in [5.74, 6) is 0.559. The quantitative estimate of drug-likeness (QED) is 0.379. The summed E-state index contributed by atoms with van der Waals surface area (Å²) >= 11 is 0. The largest absolute Gasteiger partial charge is 0.493 e. The van der Waals surface area contributed by atoms with Crippen LogP contribution in [0.5, 0.6) is 23.0 Å². The number of pyridine rings is 1. The summed E-state index contributed by atoms with van der Waals surface area (Å²) in [7, 11) is 3.07. The average molecular weight is 472 g/mol. The fraction of sp³-hybridized carbons (Fsp3) is 0.115. The van der Waals surface area contributed by atoms with Crippen LogP contribution >= 0.6 is 0 Å². The molecule has 0 aliphatic heterocycles. The molecule has 0 unspecified atom stereocenters. The molecular weight excluding hydrogens is 451 g/mol. The molecule has 0 saturated carbocycles. The molecule has 2 N–H and O–H groups in total. The molecule has 0 fully saturated rings. The topological polar surface area (TPSA) is 101 Å². The molecule has 0 amide bonds. The predicted octanol–water partition coefficient (Wildman–Crippen LogP) is 5.11. The monoisotopic (exact) mass is 472 g/mol. The molecule has 8 nitrogen and oxygen atoms in total. The number of carbonyl (C=O) groups is 1. The van der Waals surface area contributed by atoms with Crippen molar-refractivity contribution in [1.82, 2.24) is 14.8 Å². The number of carbonyl (C=O) groups excluding carboxylic acids is 1. The van der Waals surface area contributed by atoms with Crippen molar-refractivity contribution in [2.45, 2.75) is 6.92 Å². The van der Waals surface area contributed by atoms with Crippen LogP contribution in [0.3, 0.4) is 0 Å². The minimum absolute atomic E-state index is 0.00108. The number of halogens is 1. The van der Waals surface area contributed by atoms with Gasteiger partial charge < -0.3 is 19.9 Å². The third kappa shape index (κ3) is 3.76. The molecule has 5 aromatic rings. The van der Waals surface area contributed by atoms with Crippen LogP contribution in [0.4, 0.5) is 10.2 Å². The second-order valence-electron chi connectivity index (χ2n) is 7.84. The zero-order valence-corrected chi connectivity index (χ0v) is 19.2. The van der Waals surface area contributed by atoms with Crippen molar-refractivity contribution in [2.24, 2.45) is 0 Å². The average Bonchev–Trinajstić information content (AvgIpc) is 3.21. The van der Waals surface area contributed by atoms with Gasteiger partial charge in [-0.1, -0.05) is 12.1 Å². The molecule has 3 aromatic carbocycles. The molecule has 5 rings (SSSR count). The van der Waals surface area contributed by atoms with Crippen LogP contribution in [0, 0.1) is 12.7 Å². The molecule has 0 atom stereocenters. The van der Waals surface area contributed by atoms with Crippen molar-refractivity contribution in [3.05, 3.63) is 77.9 Å². The molecule has 176 valence electrons. The lowest BCUT2D eigenvalue weighted by atomic mass is 10.0. The number of ether oxygens (including phenoxy) is 3. The van der Waals surface area contributed by atoms with Gasteiger partial charge in [0.2, 0.25) is 0 Å². The number of nitrogen functional groups attached to an aromatic ring is 1. The number of aromatic nitrogens is 3. The van der Waals surface area contributed by atoms with E-state index in [0.29, 0.717) is 39.2 Å². The first-order valence-electron chi connectivity index (χ1n) is 10.7. The maximum atomic E-state index is 15.6. The van der Waals surface area contributed by atoms with Gasteiger partial charge in [0.05, 0.1) is 25.4 Å². The summed E-state index contributed by atoms with van der Waals surface area (Å²) in [5.41, 5.74) is 7.39. The van der Waals surface area contributed by atoms with Gasteiger partial charge in [0, 0.05) is 34.7 Å². The van der Waals surface area contributed by atoms with E-state index < -0.39 is 11.7 Å². The molecule has 0 aliphatic rings. The lowest BCUT2D eigenvalue weighted by Crippen LogP contribution is -2.16. The van der Waals surface area contributed by atoms with Crippen molar-refractivity contribution >= 4 is 33.4 Å². The summed E-state index contributed by atoms with van der Waals surface area (Å²) in [6, 6.07) is 14.6. The normalized spacial score (nSPS) is 11.1. The van der Waals surface area contributed by atoms with E-state index in [0.717, 1.165) is 4.68 Å². The molecule has 9 heteroatoms. The molecule has 0 bridgehead atoms. The first-order valence-corrected chi connectivity index (χ1v) is 10.7. The van der Waals surface area contributed by atoms with Crippen molar-refractivity contribution < 1.29 is 23.4 Å². The highest BCUT2D eigenvalue weighted by atomic mass is 19.1. The fourth-order valence-corrected chi connectivity index (χ4v) is 4.02. The van der Waals surface area contributed by atoms with Gasteiger partial charge >= 0.3 is 0 Å². The number of anilines is 1. The Hall–Kier alpha value is -4.66. The predicted molar refractivity (Wildman–Crippen MR) is 130 cm³/mol. The number of nitrogens with zero attached hydrogens (tertiary/aromatic N) is 3. The Labute approximate surface area is 199 Å². The summed E-state index contributed by atoms with van der Waals surface area (Å²) in [4.78, 5) is 17.4. The highest BCUT2D eigenvalue weighted by molar-refractivity contribution is 6.08. The molecule has 0 spiro atoms. The van der Waals surface area contributed by atoms with Crippen molar-refractivity contribution in [2.75, 3.05) is 20.0 Å². The SMILES string of the molecule is COc1cc2nccc(Oc3ccc4c(C(=O)n5nc(C)cc5N)cccc4c3F)c2cc1OC. The lowest BCUT2D eigenvalue weighted by Gasteiger charge is -2.14. The lowest BCUT2D eigenvalue weighted by molar-refractivity contribution is 0.0949. The van der Waals surface area contributed by atoms with E-state index in [-0.39, 0.29) is 22.5 Å². The van der Waals surface area contributed by atoms with Gasteiger partial charge in [-0.25, -0.2) is 4.39 Å². The van der Waals surface area contributed by atoms with Crippen molar-refractivity contribution in [3.63, 3.8) is 0 Å². The first kappa shape index (κ1) is 22.1. The number of benzene rings is 3. The van der Waals surface area contributed by atoms with E-state index in [4.69, 9.17) is 19.9 Å². The van der Waals surface area contributed by atoms with Crippen LogP contribution in [0.15, 0.2) is 60.8 Å². The second-order valence-corrected chi connectivity index (χ2v) is 7.84. The summed E-state index contributed by atoms with van der Waals surface area (Å²) in [6.07, 6.45) is 1.57. The standard InChI is InChI=1S/C26H21FN4O4/c1-14-11-24(28)31(30-14)26(32)17-6-4-5-16-15(17)7-8-21(25(16)27)35-20-9-10-29-19-13-23(34-3)22(33-2)12-18(19)20/h4-13H,28H2,1-3H3. The van der Waals surface area contributed by atoms with Crippen molar-refractivity contribution in [1.29, 1.82) is 0 Å². The Balaban J connectivity index is 1.58. The number of nitrogens with two attached hydrogens (primary N) is 1. The number of hydrogen-bond donors (Lipinski definition) is 1. The van der Waals surface area contributed by atoms with Gasteiger partial charge in [0.1, 0.15) is 11.6 Å². The van der Waals surface area contributed by atoms with Crippen LogP contribution in [0.1, 0.15) is 16.1 Å². The van der Waals surface area contributed by atoms with E-state index in [1.807, 2.05) is 0 Å². The molecule has 0 saturated heterocycles. The Morgan fingerprint density at radius 2 is 1.69 bits per heavy atom. The highest BCUT2D eigenvalue weighted by Crippen LogP contribution is 2.38. The third-order valence-electron chi connectivity index (χ3n) is 5.67. The fourth-order valence-electron chi connectivity index (χ4n) is 4.02. The van der Waals surface area contributed by atoms with E-state index in [1.165, 1.54) is 20.3 Å². The number of rotatable bonds is 5. The van der Waals surface area contributed by atoms with Gasteiger partial charge in [-0.05, 0) is 42.6 Å². The summed E-state index contributed by atoms with van der Waals surface area (Å²) in [5, 5.41) is 5.41. The van der Waals surface area contributed by atoms with E-state index in [1.54, 1.807) is 61.7 Å². The Kier molecular flexibility index (Phi) is 5.44. The zero-order chi connectivity index (χ0) is 24.7. The number of hydrogen-bond acceptors (Lipinski definition) is 7. The molecule has 2 aromatic heterocycles. The molecule has 35 heavy (non-hydrogen) atoms. The maximum absolute atomic E-state index is 15.6. The Morgan fingerprint density at radius 1 is 0.914 bits per heavy atom. The summed E-state index contributed by atoms with van der Waals surface area (Å²) < 4.78 is 33.4. The van der Waals surface area contributed by atoms with Crippen molar-refractivity contribution in [3.8, 4) is 23.0 Å². The number of methoxy groups -OCH3 is 2. The smallest absolute Gasteiger partial charge is 0.280 e. The minimum Gasteiger partial charge on any atom is -0.493 e. The molecule has 0 aliphatic carbocycles. The van der Waals surface area contributed by atoms with Gasteiger partial charge in [-0.15, -0.1) is 0 Å². The van der Waals surface area contributed by atoms with Crippen LogP contribution in [-0.4, -0.2) is 34.9 Å². The van der Waals surface area contributed by atoms with Crippen LogP contribution in [0.25, 0.3) is 21.7 Å². The van der Waals surface area contributed by atoms with Gasteiger partial charge in [-0.3, -0.25) is 9.78 Å². The number of fused-ring (bicyclic) bond motifs is 2. The van der Waals surface area contributed by atoms with E-state index >= 15 is 4.39 Å². The van der Waals surface area contributed by atoms with E-state index in [9.17, 15) is 4.79 Å². The third-order valence-corrected chi connectivity index (χ3v) is 5.67. The number of aryl methyl sites for hydroxylation is 1. The van der Waals surface area contributed by atoms with Crippen LogP contribution in [-0.2, 0) is 0 Å². The second kappa shape index (κ2) is 8.60. The van der Waals surface area contributed by atoms with Gasteiger partial charge in [0.25, 0.3) is 5.91 Å². The van der Waals surface area contributed by atoms with Gasteiger partial charge in [0.15, 0.2) is 23.1 Å². The first-order chi connectivity index (χ1) is 16.9. The molecular formula is C26H21FN4O4. The molecule has 0 radical (unpaired) electrons. The van der Waals surface area contributed by atoms with Gasteiger partial charge in [-0.2, -0.15) is 9.78 Å². The Bertz CT molecular complexity index is 1610. The minimum atomic E-state index is -0.604. The van der Waals surface area contributed by atoms with E-state index in [2.05, 4.69) is 10.1 Å². The summed E-state index contributed by atoms with van der Waals surface area (Å²) in [6.45, 7) is 1.74. The maximum Gasteiger partial charge on any atom is 0.280 e. The van der Waals surface area contributed by atoms with Crippen LogP contribution < -0.4 is 19.9 Å². The molecule has 2 heterocycles.